The number of fused-ring (bicyclic) bond motifs is 3. The van der Waals surface area contributed by atoms with E-state index in [2.05, 4.69) is 22.5 Å². The first-order valence-corrected chi connectivity index (χ1v) is 10.7. The standard InChI is InChI=1S/C22H28FN3O5.OS/c1-11(2)20-17-10-16(18(28)8-13(27)9-19(29)30)15-7-12(23)5-6-14(15)21(17)25-22(24-20)26(3)31-4;1-2/h5-7,11,13,16,18,27-28H,8-10H2,1-4H3,(H,29,30);/t13-,16-,18+;/m1./s1. The summed E-state index contributed by atoms with van der Waals surface area (Å²) in [5.41, 5.74) is 3.54. The molecule has 1 aromatic carbocycles. The second-order valence-corrected chi connectivity index (χ2v) is 8.17. The minimum Gasteiger partial charge on any atom is -0.481 e. The van der Waals surface area contributed by atoms with Crippen molar-refractivity contribution >= 4 is 24.5 Å². The number of anilines is 1. The van der Waals surface area contributed by atoms with Gasteiger partial charge >= 0.3 is 5.97 Å². The monoisotopic (exact) mass is 481 g/mol. The Morgan fingerprint density at radius 2 is 1.97 bits per heavy atom. The lowest BCUT2D eigenvalue weighted by molar-refractivity contribution is -0.139. The van der Waals surface area contributed by atoms with Crippen molar-refractivity contribution in [2.45, 2.75) is 57.2 Å². The van der Waals surface area contributed by atoms with Crippen LogP contribution in [0.2, 0.25) is 0 Å². The SMILES string of the molecule is CON(C)c1nc2c(c(C(C)C)n1)C[C@@H]([C@@H](O)C[C@@H](O)CC(=O)O)c1cc(F)ccc1-2.O=S. The van der Waals surface area contributed by atoms with Gasteiger partial charge in [0.1, 0.15) is 5.82 Å². The number of hydrogen-bond donors (Lipinski definition) is 3. The lowest BCUT2D eigenvalue weighted by Crippen LogP contribution is -2.30. The van der Waals surface area contributed by atoms with Crippen LogP contribution in [0.15, 0.2) is 18.2 Å². The smallest absolute Gasteiger partial charge is 0.305 e. The van der Waals surface area contributed by atoms with Crippen molar-refractivity contribution in [1.82, 2.24) is 9.97 Å². The topological polar surface area (TPSA) is 133 Å². The minimum atomic E-state index is -1.20. The van der Waals surface area contributed by atoms with Crippen LogP contribution < -0.4 is 5.06 Å². The molecule has 0 spiro atoms. The van der Waals surface area contributed by atoms with Crippen LogP contribution in [-0.2, 0) is 28.6 Å². The van der Waals surface area contributed by atoms with Crippen LogP contribution in [0.5, 0.6) is 0 Å². The molecule has 3 atom stereocenters. The third kappa shape index (κ3) is 6.05. The molecule has 3 N–H and O–H groups in total. The molecule has 11 heteroatoms. The van der Waals surface area contributed by atoms with Gasteiger partial charge < -0.3 is 15.3 Å². The number of halogens is 1. The van der Waals surface area contributed by atoms with E-state index in [0.29, 0.717) is 29.2 Å². The van der Waals surface area contributed by atoms with E-state index in [1.807, 2.05) is 13.8 Å². The zero-order chi connectivity index (χ0) is 24.9. The highest BCUT2D eigenvalue weighted by Crippen LogP contribution is 2.44. The Hall–Kier alpha value is -2.60. The zero-order valence-corrected chi connectivity index (χ0v) is 19.7. The Labute approximate surface area is 196 Å². The van der Waals surface area contributed by atoms with Gasteiger partial charge in [-0.1, -0.05) is 13.8 Å². The van der Waals surface area contributed by atoms with E-state index in [9.17, 15) is 19.4 Å². The number of carboxylic acid groups (broad SMARTS) is 1. The van der Waals surface area contributed by atoms with E-state index in [1.54, 1.807) is 13.1 Å². The number of hydroxylamine groups is 1. The number of carboxylic acids is 1. The highest BCUT2D eigenvalue weighted by molar-refractivity contribution is 7.44. The maximum atomic E-state index is 14.1. The third-order valence-corrected chi connectivity index (χ3v) is 5.61. The van der Waals surface area contributed by atoms with Crippen molar-refractivity contribution in [2.24, 2.45) is 0 Å². The molecule has 0 amide bonds. The molecule has 33 heavy (non-hydrogen) atoms. The fourth-order valence-corrected chi connectivity index (χ4v) is 4.07. The fourth-order valence-electron chi connectivity index (χ4n) is 4.07. The number of hydrogen-bond acceptors (Lipinski definition) is 9. The molecule has 0 radical (unpaired) electrons. The normalized spacial score (nSPS) is 16.2. The minimum absolute atomic E-state index is 0.0538. The highest BCUT2D eigenvalue weighted by Gasteiger charge is 2.35. The van der Waals surface area contributed by atoms with E-state index in [0.717, 1.165) is 11.3 Å². The van der Waals surface area contributed by atoms with E-state index in [4.69, 9.17) is 14.2 Å². The van der Waals surface area contributed by atoms with Crippen molar-refractivity contribution in [2.75, 3.05) is 19.2 Å². The van der Waals surface area contributed by atoms with Gasteiger partial charge in [-0.3, -0.25) is 9.63 Å². The number of rotatable bonds is 8. The number of aromatic nitrogens is 2. The number of carbonyl (C=O) groups is 1. The second-order valence-electron chi connectivity index (χ2n) is 8.17. The van der Waals surface area contributed by atoms with Gasteiger partial charge in [-0.05, 0) is 36.1 Å². The summed E-state index contributed by atoms with van der Waals surface area (Å²) < 4.78 is 22.0. The lowest BCUT2D eigenvalue weighted by atomic mass is 9.75. The molecule has 3 rings (SSSR count). The predicted octanol–water partition coefficient (Wildman–Crippen LogP) is 2.29. The molecule has 9 nitrogen and oxygen atoms in total. The van der Waals surface area contributed by atoms with Gasteiger partial charge in [0.15, 0.2) is 12.5 Å². The van der Waals surface area contributed by atoms with Gasteiger partial charge in [0.2, 0.25) is 5.95 Å². The van der Waals surface area contributed by atoms with Crippen LogP contribution in [0.4, 0.5) is 10.3 Å². The second kappa shape index (κ2) is 11.5. The molecule has 2 aromatic rings. The maximum Gasteiger partial charge on any atom is 0.305 e. The van der Waals surface area contributed by atoms with E-state index >= 15 is 0 Å². The summed E-state index contributed by atoms with van der Waals surface area (Å²) in [7, 11) is 3.20. The number of aliphatic carboxylic acids is 1. The van der Waals surface area contributed by atoms with E-state index < -0.39 is 36.3 Å². The largest absolute Gasteiger partial charge is 0.481 e. The van der Waals surface area contributed by atoms with Crippen LogP contribution in [0.1, 0.15) is 55.3 Å². The Balaban J connectivity index is 0.00000187. The Bertz CT molecular complexity index is 993. The Morgan fingerprint density at radius 1 is 1.30 bits per heavy atom. The molecule has 180 valence electrons. The summed E-state index contributed by atoms with van der Waals surface area (Å²) in [4.78, 5) is 25.4. The predicted molar refractivity (Wildman–Crippen MR) is 120 cm³/mol. The van der Waals surface area contributed by atoms with Crippen LogP contribution in [0, 0.1) is 5.82 Å². The summed E-state index contributed by atoms with van der Waals surface area (Å²) in [5, 5.41) is 31.3. The molecule has 1 heterocycles. The van der Waals surface area contributed by atoms with Gasteiger partial charge in [-0.2, -0.15) is 4.21 Å². The van der Waals surface area contributed by atoms with Crippen molar-refractivity contribution in [1.29, 1.82) is 0 Å². The molecule has 0 fully saturated rings. The summed E-state index contributed by atoms with van der Waals surface area (Å²) in [6, 6.07) is 4.34. The van der Waals surface area contributed by atoms with Crippen LogP contribution in [-0.4, -0.2) is 61.8 Å². The third-order valence-electron chi connectivity index (χ3n) is 5.61. The molecule has 0 saturated carbocycles. The maximum absolute atomic E-state index is 14.1. The van der Waals surface area contributed by atoms with E-state index in [-0.39, 0.29) is 12.3 Å². The Morgan fingerprint density at radius 3 is 2.55 bits per heavy atom. The quantitative estimate of drug-likeness (QED) is 0.482. The van der Waals surface area contributed by atoms with Crippen LogP contribution >= 0.6 is 0 Å². The zero-order valence-electron chi connectivity index (χ0n) is 18.9. The summed E-state index contributed by atoms with van der Waals surface area (Å²) in [6.45, 7) is 4.00. The van der Waals surface area contributed by atoms with Crippen molar-refractivity contribution in [3.8, 4) is 11.3 Å². The van der Waals surface area contributed by atoms with Crippen molar-refractivity contribution < 1.29 is 33.6 Å². The summed E-state index contributed by atoms with van der Waals surface area (Å²) in [5.74, 6) is -1.70. The molecular formula is C22H28FN3O6S. The first-order valence-electron chi connectivity index (χ1n) is 10.3. The summed E-state index contributed by atoms with van der Waals surface area (Å²) in [6.07, 6.45) is -2.53. The van der Waals surface area contributed by atoms with Crippen molar-refractivity contribution in [3.05, 3.63) is 40.8 Å². The fraction of sp³-hybridized carbons (Fsp3) is 0.500. The average Bonchev–Trinajstić information content (AvgIpc) is 2.77. The first-order chi connectivity index (χ1) is 15.6. The van der Waals surface area contributed by atoms with E-state index in [1.165, 1.54) is 24.3 Å². The number of aliphatic hydroxyl groups is 2. The molecule has 0 aliphatic heterocycles. The first kappa shape index (κ1) is 26.7. The average molecular weight is 482 g/mol. The molecular weight excluding hydrogens is 453 g/mol. The van der Waals surface area contributed by atoms with Gasteiger partial charge in [0.05, 0.1) is 37.1 Å². The molecule has 0 unspecified atom stereocenters. The Kier molecular flexibility index (Phi) is 9.29. The molecule has 0 bridgehead atoms. The van der Waals surface area contributed by atoms with Gasteiger partial charge in [-0.25, -0.2) is 19.4 Å². The molecule has 0 saturated heterocycles. The molecule has 1 aliphatic rings. The number of benzene rings is 1. The van der Waals surface area contributed by atoms with Gasteiger partial charge in [-0.15, -0.1) is 0 Å². The van der Waals surface area contributed by atoms with Crippen molar-refractivity contribution in [3.63, 3.8) is 0 Å². The lowest BCUT2D eigenvalue weighted by Gasteiger charge is -2.33. The number of aliphatic hydroxyl groups excluding tert-OH is 2. The molecule has 1 aliphatic carbocycles. The summed E-state index contributed by atoms with van der Waals surface area (Å²) >= 11 is 2.83. The molecule has 1 aromatic heterocycles. The van der Waals surface area contributed by atoms with Gasteiger partial charge in [0, 0.05) is 30.5 Å². The number of nitrogens with zero attached hydrogens (tertiary/aromatic N) is 3. The van der Waals surface area contributed by atoms with Crippen LogP contribution in [0.25, 0.3) is 11.3 Å². The highest BCUT2D eigenvalue weighted by atomic mass is 32.1. The van der Waals surface area contributed by atoms with Crippen LogP contribution in [0.3, 0.4) is 0 Å². The van der Waals surface area contributed by atoms with Gasteiger partial charge in [0.25, 0.3) is 0 Å².